The minimum atomic E-state index is -0.377. The van der Waals surface area contributed by atoms with Crippen LogP contribution in [0.15, 0.2) is 67.0 Å². The Hall–Kier alpha value is -4.00. The van der Waals surface area contributed by atoms with Gasteiger partial charge in [0.05, 0.1) is 25.6 Å². The van der Waals surface area contributed by atoms with Gasteiger partial charge in [-0.2, -0.15) is 0 Å². The number of imidazole rings is 1. The molecule has 0 aliphatic heterocycles. The molecule has 2 aromatic carbocycles. The van der Waals surface area contributed by atoms with Crippen molar-refractivity contribution in [2.45, 2.75) is 6.92 Å². The number of nitrogens with zero attached hydrogens (tertiary/aromatic N) is 2. The van der Waals surface area contributed by atoms with E-state index in [4.69, 9.17) is 14.5 Å². The van der Waals surface area contributed by atoms with E-state index in [2.05, 4.69) is 10.6 Å². The van der Waals surface area contributed by atoms with Gasteiger partial charge in [0.15, 0.2) is 11.5 Å². The molecule has 7 nitrogen and oxygen atoms in total. The first-order valence-corrected chi connectivity index (χ1v) is 9.43. The maximum atomic E-state index is 12.4. The molecule has 0 radical (unpaired) electrons. The van der Waals surface area contributed by atoms with E-state index in [9.17, 15) is 4.79 Å². The molecule has 2 N–H and O–H groups in total. The molecule has 0 saturated carbocycles. The van der Waals surface area contributed by atoms with Crippen molar-refractivity contribution in [2.24, 2.45) is 0 Å². The lowest BCUT2D eigenvalue weighted by atomic mass is 10.1. The number of carbonyl (C=O) groups is 1. The van der Waals surface area contributed by atoms with Crippen molar-refractivity contribution >= 4 is 23.1 Å². The van der Waals surface area contributed by atoms with Crippen LogP contribution in [0.2, 0.25) is 0 Å². The predicted molar refractivity (Wildman–Crippen MR) is 118 cm³/mol. The molecule has 0 aliphatic carbocycles. The van der Waals surface area contributed by atoms with Crippen LogP contribution in [0.25, 0.3) is 16.9 Å². The lowest BCUT2D eigenvalue weighted by Crippen LogP contribution is -2.19. The first kappa shape index (κ1) is 19.3. The van der Waals surface area contributed by atoms with E-state index in [1.165, 1.54) is 7.11 Å². The highest BCUT2D eigenvalue weighted by Gasteiger charge is 2.12. The Morgan fingerprint density at radius 3 is 2.47 bits per heavy atom. The molecular weight excluding hydrogens is 380 g/mol. The van der Waals surface area contributed by atoms with Crippen molar-refractivity contribution in [2.75, 3.05) is 24.9 Å². The standard InChI is InChI=1S/C23H22N4O3/c1-15-6-5-13-27-14-19(25-22(15)27)16-9-11-17(12-10-16)24-23(28)26-18-7-4-8-20(29-2)21(18)30-3/h4-14H,1-3H3,(H2,24,26,28). The molecule has 152 valence electrons. The van der Waals surface area contributed by atoms with Crippen molar-refractivity contribution in [3.05, 3.63) is 72.6 Å². The highest BCUT2D eigenvalue weighted by atomic mass is 16.5. The van der Waals surface area contributed by atoms with Gasteiger partial charge >= 0.3 is 6.03 Å². The fourth-order valence-corrected chi connectivity index (χ4v) is 3.29. The summed E-state index contributed by atoms with van der Waals surface area (Å²) in [6.45, 7) is 2.04. The summed E-state index contributed by atoms with van der Waals surface area (Å²) in [4.78, 5) is 17.1. The number of amides is 2. The Labute approximate surface area is 174 Å². The van der Waals surface area contributed by atoms with Crippen LogP contribution < -0.4 is 20.1 Å². The third kappa shape index (κ3) is 3.77. The molecule has 0 saturated heterocycles. The second-order valence-corrected chi connectivity index (χ2v) is 6.75. The quantitative estimate of drug-likeness (QED) is 0.494. The van der Waals surface area contributed by atoms with Gasteiger partial charge in [-0.3, -0.25) is 0 Å². The number of anilines is 2. The van der Waals surface area contributed by atoms with Gasteiger partial charge in [0.25, 0.3) is 0 Å². The topological polar surface area (TPSA) is 76.9 Å². The SMILES string of the molecule is COc1cccc(NC(=O)Nc2ccc(-c3cn4cccc(C)c4n3)cc2)c1OC. The van der Waals surface area contributed by atoms with Gasteiger partial charge in [-0.15, -0.1) is 0 Å². The highest BCUT2D eigenvalue weighted by molar-refractivity contribution is 6.01. The molecule has 0 bridgehead atoms. The molecule has 30 heavy (non-hydrogen) atoms. The van der Waals surface area contributed by atoms with Crippen molar-refractivity contribution < 1.29 is 14.3 Å². The molecule has 0 unspecified atom stereocenters. The minimum Gasteiger partial charge on any atom is -0.493 e. The number of aryl methyl sites for hydroxylation is 1. The van der Waals surface area contributed by atoms with Crippen LogP contribution in [0.1, 0.15) is 5.56 Å². The zero-order chi connectivity index (χ0) is 21.1. The summed E-state index contributed by atoms with van der Waals surface area (Å²) in [6.07, 6.45) is 3.97. The van der Waals surface area contributed by atoms with Crippen molar-refractivity contribution in [1.29, 1.82) is 0 Å². The zero-order valence-corrected chi connectivity index (χ0v) is 17.0. The first-order valence-electron chi connectivity index (χ1n) is 9.43. The van der Waals surface area contributed by atoms with Crippen molar-refractivity contribution in [3.63, 3.8) is 0 Å². The number of carbonyl (C=O) groups excluding carboxylic acids is 1. The summed E-state index contributed by atoms with van der Waals surface area (Å²) in [5, 5.41) is 5.61. The van der Waals surface area contributed by atoms with Gasteiger partial charge in [0.2, 0.25) is 0 Å². The second kappa shape index (κ2) is 8.16. The van der Waals surface area contributed by atoms with Gasteiger partial charge in [0, 0.05) is 23.6 Å². The molecule has 7 heteroatoms. The lowest BCUT2D eigenvalue weighted by Gasteiger charge is -2.14. The van der Waals surface area contributed by atoms with E-state index in [-0.39, 0.29) is 6.03 Å². The number of fused-ring (bicyclic) bond motifs is 1. The smallest absolute Gasteiger partial charge is 0.323 e. The van der Waals surface area contributed by atoms with Crippen LogP contribution in [0.4, 0.5) is 16.2 Å². The monoisotopic (exact) mass is 402 g/mol. The molecule has 0 fully saturated rings. The molecule has 4 aromatic rings. The number of aromatic nitrogens is 2. The van der Waals surface area contributed by atoms with Crippen LogP contribution >= 0.6 is 0 Å². The number of hydrogen-bond acceptors (Lipinski definition) is 4. The fraction of sp³-hybridized carbons (Fsp3) is 0.130. The number of hydrogen-bond donors (Lipinski definition) is 2. The maximum Gasteiger partial charge on any atom is 0.323 e. The van der Waals surface area contributed by atoms with E-state index >= 15 is 0 Å². The number of methoxy groups -OCH3 is 2. The third-order valence-corrected chi connectivity index (χ3v) is 4.77. The number of nitrogens with one attached hydrogen (secondary N) is 2. The van der Waals surface area contributed by atoms with E-state index in [1.54, 1.807) is 25.3 Å². The molecule has 2 heterocycles. The molecule has 4 rings (SSSR count). The number of benzene rings is 2. The van der Waals surface area contributed by atoms with E-state index < -0.39 is 0 Å². The molecule has 0 atom stereocenters. The van der Waals surface area contributed by atoms with E-state index in [0.29, 0.717) is 22.9 Å². The average molecular weight is 402 g/mol. The van der Waals surface area contributed by atoms with Gasteiger partial charge < -0.3 is 24.5 Å². The van der Waals surface area contributed by atoms with E-state index in [1.807, 2.05) is 60.1 Å². The summed E-state index contributed by atoms with van der Waals surface area (Å²) in [5.41, 5.74) is 5.08. The third-order valence-electron chi connectivity index (χ3n) is 4.77. The normalized spacial score (nSPS) is 10.6. The first-order chi connectivity index (χ1) is 14.6. The van der Waals surface area contributed by atoms with Gasteiger partial charge in [-0.1, -0.05) is 24.3 Å². The van der Waals surface area contributed by atoms with E-state index in [0.717, 1.165) is 22.5 Å². The summed E-state index contributed by atoms with van der Waals surface area (Å²) in [5.74, 6) is 1.01. The molecule has 0 aliphatic rings. The zero-order valence-electron chi connectivity index (χ0n) is 17.0. The lowest BCUT2D eigenvalue weighted by molar-refractivity contribution is 0.262. The maximum absolute atomic E-state index is 12.4. The largest absolute Gasteiger partial charge is 0.493 e. The summed E-state index contributed by atoms with van der Waals surface area (Å²) in [6, 6.07) is 16.5. The summed E-state index contributed by atoms with van der Waals surface area (Å²) in [7, 11) is 3.08. The molecule has 2 amide bonds. The van der Waals surface area contributed by atoms with Crippen LogP contribution in [0.5, 0.6) is 11.5 Å². The Morgan fingerprint density at radius 2 is 1.77 bits per heavy atom. The van der Waals surface area contributed by atoms with Gasteiger partial charge in [0.1, 0.15) is 5.65 Å². The minimum absolute atomic E-state index is 0.377. The summed E-state index contributed by atoms with van der Waals surface area (Å²) >= 11 is 0. The molecular formula is C23H22N4O3. The van der Waals surface area contributed by atoms with Crippen molar-refractivity contribution in [1.82, 2.24) is 9.38 Å². The van der Waals surface area contributed by atoms with Crippen LogP contribution in [-0.2, 0) is 0 Å². The average Bonchev–Trinajstić information content (AvgIpc) is 3.20. The second-order valence-electron chi connectivity index (χ2n) is 6.75. The number of ether oxygens (including phenoxy) is 2. The Morgan fingerprint density at radius 1 is 0.967 bits per heavy atom. The fourth-order valence-electron chi connectivity index (χ4n) is 3.29. The highest BCUT2D eigenvalue weighted by Crippen LogP contribution is 2.34. The number of urea groups is 1. The Balaban J connectivity index is 1.48. The van der Waals surface area contributed by atoms with Gasteiger partial charge in [-0.25, -0.2) is 9.78 Å². The van der Waals surface area contributed by atoms with Crippen molar-refractivity contribution in [3.8, 4) is 22.8 Å². The van der Waals surface area contributed by atoms with Gasteiger partial charge in [-0.05, 0) is 42.8 Å². The predicted octanol–water partition coefficient (Wildman–Crippen LogP) is 4.97. The molecule has 0 spiro atoms. The van der Waals surface area contributed by atoms with Crippen LogP contribution in [0.3, 0.4) is 0 Å². The van der Waals surface area contributed by atoms with Crippen LogP contribution in [0, 0.1) is 6.92 Å². The number of para-hydroxylation sites is 1. The summed E-state index contributed by atoms with van der Waals surface area (Å²) < 4.78 is 12.6. The number of rotatable bonds is 5. The molecule has 2 aromatic heterocycles. The van der Waals surface area contributed by atoms with Crippen LogP contribution in [-0.4, -0.2) is 29.6 Å². The Kier molecular flexibility index (Phi) is 5.26. The number of pyridine rings is 1. The Bertz CT molecular complexity index is 1200.